The van der Waals surface area contributed by atoms with E-state index in [2.05, 4.69) is 0 Å². The maximum Gasteiger partial charge on any atom is 0.214 e. The van der Waals surface area contributed by atoms with E-state index in [4.69, 9.17) is 9.47 Å². The first kappa shape index (κ1) is 24.5. The third kappa shape index (κ3) is 4.91. The van der Waals surface area contributed by atoms with Crippen LogP contribution in [0.4, 0.5) is 0 Å². The molecule has 5 rings (SSSR count). The van der Waals surface area contributed by atoms with Crippen molar-refractivity contribution in [2.45, 2.75) is 119 Å². The lowest BCUT2D eigenvalue weighted by atomic mass is 9.84. The third-order valence-electron chi connectivity index (χ3n) is 9.15. The molecule has 0 spiro atoms. The molecule has 3 aliphatic carbocycles. The predicted molar refractivity (Wildman–Crippen MR) is 127 cm³/mol. The summed E-state index contributed by atoms with van der Waals surface area (Å²) < 4.78 is 67.4. The lowest BCUT2D eigenvalue weighted by Crippen LogP contribution is -2.50. The third-order valence-corrected chi connectivity index (χ3v) is 14.0. The lowest BCUT2D eigenvalue weighted by molar-refractivity contribution is -0.153. The summed E-state index contributed by atoms with van der Waals surface area (Å²) in [4.78, 5) is 0. The number of hydrogen-bond donors (Lipinski definition) is 0. The molecule has 6 unspecified atom stereocenters. The van der Waals surface area contributed by atoms with E-state index >= 15 is 0 Å². The highest BCUT2D eigenvalue weighted by Crippen LogP contribution is 2.45. The fraction of sp³-hybridized carbons (Fsp3) is 1.00. The average Bonchev–Trinajstić information content (AvgIpc) is 3.15. The molecule has 33 heavy (non-hydrogen) atoms. The van der Waals surface area contributed by atoms with E-state index in [1.54, 1.807) is 4.31 Å². The van der Waals surface area contributed by atoms with E-state index in [-0.39, 0.29) is 52.4 Å². The van der Waals surface area contributed by atoms with Gasteiger partial charge in [0.25, 0.3) is 0 Å². The zero-order chi connectivity index (χ0) is 23.2. The molecule has 0 amide bonds. The highest BCUT2D eigenvalue weighted by atomic mass is 32.2. The smallest absolute Gasteiger partial charge is 0.214 e. The summed E-state index contributed by atoms with van der Waals surface area (Å²) in [6, 6.07) is -0.0517. The minimum atomic E-state index is -3.31. The van der Waals surface area contributed by atoms with Crippen LogP contribution >= 0.6 is 0 Å². The Balaban J connectivity index is 1.24. The Labute approximate surface area is 199 Å². The first-order chi connectivity index (χ1) is 15.8. The van der Waals surface area contributed by atoms with E-state index < -0.39 is 19.9 Å². The summed E-state index contributed by atoms with van der Waals surface area (Å²) in [6.07, 6.45) is 10.1. The first-order valence-corrected chi connectivity index (χ1v) is 16.4. The van der Waals surface area contributed by atoms with Crippen molar-refractivity contribution in [3.05, 3.63) is 0 Å². The van der Waals surface area contributed by atoms with Crippen LogP contribution in [0.3, 0.4) is 0 Å². The zero-order valence-electron chi connectivity index (χ0n) is 19.9. The molecule has 0 radical (unpaired) electrons. The van der Waals surface area contributed by atoms with Crippen LogP contribution in [0, 0.1) is 11.8 Å². The molecule has 2 heterocycles. The molecule has 7 nitrogen and oxygen atoms in total. The monoisotopic (exact) mass is 503 g/mol. The summed E-state index contributed by atoms with van der Waals surface area (Å²) in [5.74, 6) is 0.711. The number of fused-ring (bicyclic) bond motifs is 2. The van der Waals surface area contributed by atoms with Crippen LogP contribution in [-0.2, 0) is 29.3 Å². The van der Waals surface area contributed by atoms with Crippen molar-refractivity contribution in [2.24, 2.45) is 11.8 Å². The van der Waals surface area contributed by atoms with Crippen LogP contribution in [0.2, 0.25) is 0 Å². The van der Waals surface area contributed by atoms with Gasteiger partial charge in [-0.15, -0.1) is 0 Å². The van der Waals surface area contributed by atoms with Crippen LogP contribution < -0.4 is 0 Å². The molecule has 0 aromatic carbocycles. The van der Waals surface area contributed by atoms with Crippen molar-refractivity contribution in [1.29, 1.82) is 0 Å². The molecule has 0 bridgehead atoms. The zero-order valence-corrected chi connectivity index (χ0v) is 21.6. The Kier molecular flexibility index (Phi) is 7.18. The molecule has 9 heteroatoms. The van der Waals surface area contributed by atoms with Gasteiger partial charge in [-0.25, -0.2) is 16.8 Å². The topological polar surface area (TPSA) is 90.0 Å². The Hall–Kier alpha value is -0.220. The molecular formula is C24H41NO6S2. The largest absolute Gasteiger partial charge is 0.373 e. The minimum absolute atomic E-state index is 0.0224. The van der Waals surface area contributed by atoms with E-state index in [0.29, 0.717) is 45.3 Å². The SMILES string of the molecule is C[C@H]1CC2CC(S(=O)(=O)C3CCC4OCCOC4C3)CCC2N1S(=O)(=O)CC1CCCCC1. The quantitative estimate of drug-likeness (QED) is 0.572. The molecule has 190 valence electrons. The predicted octanol–water partition coefficient (Wildman–Crippen LogP) is 3.28. The Bertz CT molecular complexity index is 900. The van der Waals surface area contributed by atoms with Gasteiger partial charge in [-0.1, -0.05) is 19.3 Å². The average molecular weight is 504 g/mol. The van der Waals surface area contributed by atoms with Gasteiger partial charge in [0.1, 0.15) is 0 Å². The van der Waals surface area contributed by atoms with Crippen LogP contribution in [0.5, 0.6) is 0 Å². The number of sulfonamides is 1. The number of nitrogens with zero attached hydrogens (tertiary/aromatic N) is 1. The van der Waals surface area contributed by atoms with Crippen LogP contribution in [0.25, 0.3) is 0 Å². The lowest BCUT2D eigenvalue weighted by Gasteiger charge is -2.41. The summed E-state index contributed by atoms with van der Waals surface area (Å²) >= 11 is 0. The fourth-order valence-corrected chi connectivity index (χ4v) is 12.5. The minimum Gasteiger partial charge on any atom is -0.373 e. The normalized spacial score (nSPS) is 41.4. The van der Waals surface area contributed by atoms with Crippen molar-refractivity contribution < 1.29 is 26.3 Å². The van der Waals surface area contributed by atoms with Gasteiger partial charge in [-0.05, 0) is 76.5 Å². The number of rotatable bonds is 5. The van der Waals surface area contributed by atoms with E-state index in [1.807, 2.05) is 6.92 Å². The summed E-state index contributed by atoms with van der Waals surface area (Å²) in [6.45, 7) is 3.16. The van der Waals surface area contributed by atoms with Gasteiger partial charge in [0.05, 0.1) is 41.7 Å². The highest BCUT2D eigenvalue weighted by molar-refractivity contribution is 7.92. The second-order valence-electron chi connectivity index (χ2n) is 11.3. The molecule has 5 fully saturated rings. The number of sulfone groups is 1. The highest BCUT2D eigenvalue weighted by Gasteiger charge is 2.51. The second kappa shape index (κ2) is 9.68. The van der Waals surface area contributed by atoms with Gasteiger partial charge in [-0.2, -0.15) is 4.31 Å². The van der Waals surface area contributed by atoms with E-state index in [0.717, 1.165) is 38.5 Å². The molecule has 2 saturated heterocycles. The van der Waals surface area contributed by atoms with E-state index in [9.17, 15) is 16.8 Å². The first-order valence-electron chi connectivity index (χ1n) is 13.2. The van der Waals surface area contributed by atoms with Crippen molar-refractivity contribution >= 4 is 19.9 Å². The van der Waals surface area contributed by atoms with Crippen LogP contribution in [0.15, 0.2) is 0 Å². The summed E-state index contributed by atoms with van der Waals surface area (Å²) in [5.41, 5.74) is 0. The van der Waals surface area contributed by atoms with Crippen molar-refractivity contribution in [3.63, 3.8) is 0 Å². The van der Waals surface area contributed by atoms with Crippen LogP contribution in [0.1, 0.15) is 84.0 Å². The molecule has 7 atom stereocenters. The van der Waals surface area contributed by atoms with Gasteiger partial charge >= 0.3 is 0 Å². The van der Waals surface area contributed by atoms with Crippen molar-refractivity contribution in [1.82, 2.24) is 4.31 Å². The molecule has 0 aromatic heterocycles. The fourth-order valence-electron chi connectivity index (χ4n) is 7.58. The summed E-state index contributed by atoms with van der Waals surface area (Å²) in [5, 5.41) is -0.704. The van der Waals surface area contributed by atoms with Crippen LogP contribution in [-0.4, -0.2) is 74.9 Å². The Morgan fingerprint density at radius 2 is 1.42 bits per heavy atom. The number of hydrogen-bond acceptors (Lipinski definition) is 6. The second-order valence-corrected chi connectivity index (χ2v) is 15.7. The molecular weight excluding hydrogens is 462 g/mol. The number of ether oxygens (including phenoxy) is 2. The van der Waals surface area contributed by atoms with Gasteiger partial charge in [-0.3, -0.25) is 0 Å². The van der Waals surface area contributed by atoms with Crippen molar-refractivity contribution in [3.8, 4) is 0 Å². The molecule has 0 N–H and O–H groups in total. The maximum absolute atomic E-state index is 13.6. The Morgan fingerprint density at radius 3 is 2.18 bits per heavy atom. The van der Waals surface area contributed by atoms with Crippen molar-refractivity contribution in [2.75, 3.05) is 19.0 Å². The standard InChI is InChI=1S/C24H41NO6S2/c1-17-13-19-14-20(33(28,29)21-8-10-23-24(15-21)31-12-11-30-23)7-9-22(19)25(17)32(26,27)16-18-5-3-2-4-6-18/h17-24H,2-16H2,1H3/t17-,19?,20?,21?,22?,23?,24?/m0/s1. The maximum atomic E-state index is 13.6. The Morgan fingerprint density at radius 1 is 0.758 bits per heavy atom. The molecule has 3 saturated carbocycles. The molecule has 0 aromatic rings. The molecule has 2 aliphatic heterocycles. The van der Waals surface area contributed by atoms with E-state index in [1.165, 1.54) is 6.42 Å². The van der Waals surface area contributed by atoms with Gasteiger partial charge < -0.3 is 9.47 Å². The van der Waals surface area contributed by atoms with Gasteiger partial charge in [0.2, 0.25) is 10.0 Å². The molecule has 5 aliphatic rings. The summed E-state index contributed by atoms with van der Waals surface area (Å²) in [7, 11) is -6.58. The van der Waals surface area contributed by atoms with Gasteiger partial charge in [0, 0.05) is 12.1 Å². The van der Waals surface area contributed by atoms with Gasteiger partial charge in [0.15, 0.2) is 9.84 Å².